The highest BCUT2D eigenvalue weighted by molar-refractivity contribution is 9.10. The number of carboxylic acids is 1. The first-order valence-corrected chi connectivity index (χ1v) is 8.34. The second-order valence-corrected chi connectivity index (χ2v) is 6.54. The summed E-state index contributed by atoms with van der Waals surface area (Å²) in [6.45, 7) is 0. The van der Waals surface area contributed by atoms with E-state index in [2.05, 4.69) is 37.2 Å². The number of hydrogen-bond acceptors (Lipinski definition) is 3. The Morgan fingerprint density at radius 3 is 2.46 bits per heavy atom. The molecule has 0 bridgehead atoms. The molecule has 0 fully saturated rings. The number of anilines is 1. The Labute approximate surface area is 155 Å². The van der Waals surface area contributed by atoms with Gasteiger partial charge in [-0.05, 0) is 42.5 Å². The van der Waals surface area contributed by atoms with Crippen molar-refractivity contribution in [3.05, 3.63) is 62.5 Å². The first kappa shape index (κ1) is 18.2. The van der Waals surface area contributed by atoms with Crippen LogP contribution in [0.4, 0.5) is 5.69 Å². The van der Waals surface area contributed by atoms with Crippen molar-refractivity contribution in [3.8, 4) is 5.75 Å². The zero-order chi connectivity index (χ0) is 17.7. The van der Waals surface area contributed by atoms with Crippen LogP contribution in [0, 0.1) is 0 Å². The number of amides is 1. The van der Waals surface area contributed by atoms with Crippen LogP contribution < -0.4 is 10.1 Å². The molecule has 5 nitrogen and oxygen atoms in total. The second-order valence-electron chi connectivity index (χ2n) is 4.70. The number of carboxylic acid groups (broad SMARTS) is 1. The fraction of sp³-hybridized carbons (Fsp3) is 0.0588. The molecule has 1 amide bonds. The molecule has 0 aliphatic rings. The van der Waals surface area contributed by atoms with Gasteiger partial charge in [0.1, 0.15) is 5.75 Å². The third-order valence-corrected chi connectivity index (χ3v) is 4.06. The molecule has 0 unspecified atom stereocenters. The van der Waals surface area contributed by atoms with E-state index in [1.54, 1.807) is 25.3 Å². The molecule has 0 aromatic heterocycles. The van der Waals surface area contributed by atoms with Crippen LogP contribution in [0.1, 0.15) is 15.9 Å². The first-order valence-electron chi connectivity index (χ1n) is 6.76. The standard InChI is InChI=1S/C17H13Br2NO4/c1-24-15-6-4-11(18)8-10(15)2-7-16(21)20-14-5-3-12(19)9-13(14)17(22)23/h2-9H,1H3,(H,20,21)(H,22,23)/b7-2+. The summed E-state index contributed by atoms with van der Waals surface area (Å²) in [6, 6.07) is 10.0. The highest BCUT2D eigenvalue weighted by Crippen LogP contribution is 2.24. The Hall–Kier alpha value is -2.12. The molecule has 2 N–H and O–H groups in total. The van der Waals surface area contributed by atoms with E-state index in [1.165, 1.54) is 18.2 Å². The molecule has 2 aromatic rings. The molecule has 2 aromatic carbocycles. The molecule has 24 heavy (non-hydrogen) atoms. The number of methoxy groups -OCH3 is 1. The van der Waals surface area contributed by atoms with Gasteiger partial charge in [-0.15, -0.1) is 0 Å². The van der Waals surface area contributed by atoms with Crippen molar-refractivity contribution in [2.45, 2.75) is 0 Å². The van der Waals surface area contributed by atoms with E-state index in [-0.39, 0.29) is 11.3 Å². The predicted octanol–water partition coefficient (Wildman–Crippen LogP) is 4.57. The zero-order valence-electron chi connectivity index (χ0n) is 12.5. The summed E-state index contributed by atoms with van der Waals surface area (Å²) in [6.07, 6.45) is 2.91. The van der Waals surface area contributed by atoms with Gasteiger partial charge in [-0.3, -0.25) is 4.79 Å². The highest BCUT2D eigenvalue weighted by atomic mass is 79.9. The maximum atomic E-state index is 12.1. The van der Waals surface area contributed by atoms with Crippen molar-refractivity contribution in [2.75, 3.05) is 12.4 Å². The fourth-order valence-electron chi connectivity index (χ4n) is 1.98. The molecule has 0 aliphatic heterocycles. The van der Waals surface area contributed by atoms with E-state index in [1.807, 2.05) is 12.1 Å². The number of carbonyl (C=O) groups excluding carboxylic acids is 1. The van der Waals surface area contributed by atoms with E-state index in [0.717, 1.165) is 10.0 Å². The maximum absolute atomic E-state index is 12.1. The average molecular weight is 455 g/mol. The van der Waals surface area contributed by atoms with Crippen LogP contribution in [0.25, 0.3) is 6.08 Å². The number of hydrogen-bond donors (Lipinski definition) is 2. The van der Waals surface area contributed by atoms with Crippen molar-refractivity contribution < 1.29 is 19.4 Å². The van der Waals surface area contributed by atoms with E-state index in [0.29, 0.717) is 10.2 Å². The van der Waals surface area contributed by atoms with Gasteiger partial charge in [0.15, 0.2) is 0 Å². The smallest absolute Gasteiger partial charge is 0.337 e. The van der Waals surface area contributed by atoms with Crippen LogP contribution in [0.15, 0.2) is 51.4 Å². The topological polar surface area (TPSA) is 75.6 Å². The van der Waals surface area contributed by atoms with Gasteiger partial charge in [-0.25, -0.2) is 4.79 Å². The molecule has 0 saturated heterocycles. The van der Waals surface area contributed by atoms with Crippen LogP contribution in [0.3, 0.4) is 0 Å². The van der Waals surface area contributed by atoms with E-state index < -0.39 is 11.9 Å². The molecule has 7 heteroatoms. The summed E-state index contributed by atoms with van der Waals surface area (Å²) in [7, 11) is 1.54. The van der Waals surface area contributed by atoms with Gasteiger partial charge in [-0.2, -0.15) is 0 Å². The molecule has 0 aliphatic carbocycles. The lowest BCUT2D eigenvalue weighted by Crippen LogP contribution is -2.12. The summed E-state index contributed by atoms with van der Waals surface area (Å²) < 4.78 is 6.70. The average Bonchev–Trinajstić information content (AvgIpc) is 2.54. The zero-order valence-corrected chi connectivity index (χ0v) is 15.7. The molecule has 0 heterocycles. The van der Waals surface area contributed by atoms with Crippen molar-refractivity contribution in [3.63, 3.8) is 0 Å². The Morgan fingerprint density at radius 2 is 1.79 bits per heavy atom. The minimum Gasteiger partial charge on any atom is -0.496 e. The number of rotatable bonds is 5. The Balaban J connectivity index is 2.20. The van der Waals surface area contributed by atoms with Crippen LogP contribution in [0.2, 0.25) is 0 Å². The third-order valence-electron chi connectivity index (χ3n) is 3.08. The molecule has 0 saturated carbocycles. The quantitative estimate of drug-likeness (QED) is 0.649. The summed E-state index contributed by atoms with van der Waals surface area (Å²) in [4.78, 5) is 23.3. The molecule has 0 spiro atoms. The summed E-state index contributed by atoms with van der Waals surface area (Å²) in [5, 5.41) is 11.8. The minimum absolute atomic E-state index is 0.00570. The van der Waals surface area contributed by atoms with Crippen molar-refractivity contribution in [1.82, 2.24) is 0 Å². The second kappa shape index (κ2) is 8.12. The third kappa shape index (κ3) is 4.69. The van der Waals surface area contributed by atoms with Gasteiger partial charge < -0.3 is 15.2 Å². The molecule has 0 atom stereocenters. The van der Waals surface area contributed by atoms with E-state index in [9.17, 15) is 14.7 Å². The lowest BCUT2D eigenvalue weighted by Gasteiger charge is -2.07. The monoisotopic (exact) mass is 453 g/mol. The number of ether oxygens (including phenoxy) is 1. The Morgan fingerprint density at radius 1 is 1.12 bits per heavy atom. The minimum atomic E-state index is -1.12. The van der Waals surface area contributed by atoms with Crippen molar-refractivity contribution in [2.24, 2.45) is 0 Å². The van der Waals surface area contributed by atoms with E-state index >= 15 is 0 Å². The lowest BCUT2D eigenvalue weighted by atomic mass is 10.1. The van der Waals surface area contributed by atoms with Crippen LogP contribution in [0.5, 0.6) is 5.75 Å². The maximum Gasteiger partial charge on any atom is 0.337 e. The first-order chi connectivity index (χ1) is 11.4. The number of aromatic carboxylic acids is 1. The molecule has 0 radical (unpaired) electrons. The van der Waals surface area contributed by atoms with Gasteiger partial charge in [0.2, 0.25) is 5.91 Å². The van der Waals surface area contributed by atoms with Crippen molar-refractivity contribution >= 4 is 55.5 Å². The van der Waals surface area contributed by atoms with Crippen LogP contribution in [-0.4, -0.2) is 24.1 Å². The largest absolute Gasteiger partial charge is 0.496 e. The summed E-state index contributed by atoms with van der Waals surface area (Å²) in [5.41, 5.74) is 0.948. The SMILES string of the molecule is COc1ccc(Br)cc1/C=C/C(=O)Nc1ccc(Br)cc1C(=O)O. The number of nitrogens with one attached hydrogen (secondary N) is 1. The van der Waals surface area contributed by atoms with Gasteiger partial charge in [0.25, 0.3) is 0 Å². The lowest BCUT2D eigenvalue weighted by molar-refractivity contribution is -0.111. The molecular weight excluding hydrogens is 442 g/mol. The number of carbonyl (C=O) groups is 2. The summed E-state index contributed by atoms with van der Waals surface area (Å²) in [5.74, 6) is -0.941. The van der Waals surface area contributed by atoms with E-state index in [4.69, 9.17) is 4.74 Å². The molecule has 2 rings (SSSR count). The Kier molecular flexibility index (Phi) is 6.16. The fourth-order valence-corrected chi connectivity index (χ4v) is 2.72. The van der Waals surface area contributed by atoms with Crippen LogP contribution >= 0.6 is 31.9 Å². The number of halogens is 2. The van der Waals surface area contributed by atoms with Crippen LogP contribution in [-0.2, 0) is 4.79 Å². The van der Waals surface area contributed by atoms with Gasteiger partial charge in [0.05, 0.1) is 18.4 Å². The molecular formula is C17H13Br2NO4. The Bertz CT molecular complexity index is 818. The van der Waals surface area contributed by atoms with Gasteiger partial charge >= 0.3 is 5.97 Å². The highest BCUT2D eigenvalue weighted by Gasteiger charge is 2.12. The van der Waals surface area contributed by atoms with Gasteiger partial charge in [-0.1, -0.05) is 31.9 Å². The number of benzene rings is 2. The summed E-state index contributed by atoms with van der Waals surface area (Å²) >= 11 is 6.57. The van der Waals surface area contributed by atoms with Gasteiger partial charge in [0, 0.05) is 20.6 Å². The van der Waals surface area contributed by atoms with Crippen molar-refractivity contribution in [1.29, 1.82) is 0 Å². The predicted molar refractivity (Wildman–Crippen MR) is 99.5 cm³/mol. The normalized spacial score (nSPS) is 10.6. The molecule has 124 valence electrons.